The quantitative estimate of drug-likeness (QED) is 0.219. The van der Waals surface area contributed by atoms with E-state index in [1.807, 2.05) is 0 Å². The van der Waals surface area contributed by atoms with E-state index >= 15 is 0 Å². The van der Waals surface area contributed by atoms with Crippen LogP contribution in [0.15, 0.2) is 27.4 Å². The Morgan fingerprint density at radius 1 is 0.833 bits per heavy atom. The van der Waals surface area contributed by atoms with Crippen molar-refractivity contribution in [2.24, 2.45) is 0 Å². The Hall–Kier alpha value is -4.66. The van der Waals surface area contributed by atoms with E-state index < -0.39 is 78.5 Å². The molecule has 1 aliphatic rings. The Kier molecular flexibility index (Phi) is 10.5. The SMILES string of the molecule is CCC(=O)Oc1c(OC)c2ccc(O[C@@H]3O[C@H](COC(C)=O)[C@H](OC(C)=O)[C@H](OC(C)=O)[C@H]3OC(C)=O)cc2oc1=O. The molecule has 0 spiro atoms. The van der Waals surface area contributed by atoms with Crippen LogP contribution in [-0.4, -0.2) is 74.3 Å². The van der Waals surface area contributed by atoms with E-state index in [9.17, 15) is 28.8 Å². The molecule has 0 bridgehead atoms. The van der Waals surface area contributed by atoms with Gasteiger partial charge in [0.25, 0.3) is 5.75 Å². The van der Waals surface area contributed by atoms with Gasteiger partial charge in [-0.2, -0.15) is 0 Å². The van der Waals surface area contributed by atoms with Gasteiger partial charge in [-0.15, -0.1) is 0 Å². The Morgan fingerprint density at radius 3 is 2.02 bits per heavy atom. The summed E-state index contributed by atoms with van der Waals surface area (Å²) < 4.78 is 48.7. The van der Waals surface area contributed by atoms with Gasteiger partial charge in [0.15, 0.2) is 18.0 Å². The molecule has 0 N–H and O–H groups in total. The van der Waals surface area contributed by atoms with E-state index in [0.29, 0.717) is 0 Å². The Labute approximate surface area is 238 Å². The zero-order valence-electron chi connectivity index (χ0n) is 23.7. The molecule has 42 heavy (non-hydrogen) atoms. The summed E-state index contributed by atoms with van der Waals surface area (Å²) in [5.74, 6) is -4.20. The van der Waals surface area contributed by atoms with Gasteiger partial charge < -0.3 is 42.3 Å². The van der Waals surface area contributed by atoms with Crippen molar-refractivity contribution in [3.63, 3.8) is 0 Å². The minimum Gasteiger partial charge on any atom is -0.492 e. The van der Waals surface area contributed by atoms with E-state index in [-0.39, 0.29) is 28.9 Å². The van der Waals surface area contributed by atoms with Crippen molar-refractivity contribution in [3.8, 4) is 17.2 Å². The van der Waals surface area contributed by atoms with Gasteiger partial charge in [-0.25, -0.2) is 4.79 Å². The highest BCUT2D eigenvalue weighted by molar-refractivity contribution is 5.88. The molecule has 0 unspecified atom stereocenters. The van der Waals surface area contributed by atoms with Gasteiger partial charge in [0.1, 0.15) is 24.0 Å². The van der Waals surface area contributed by atoms with Crippen LogP contribution in [-0.2, 0) is 47.7 Å². The first-order valence-electron chi connectivity index (χ1n) is 12.7. The predicted octanol–water partition coefficient (Wildman–Crippen LogP) is 1.58. The lowest BCUT2D eigenvalue weighted by atomic mass is 9.98. The smallest absolute Gasteiger partial charge is 0.383 e. The second-order valence-corrected chi connectivity index (χ2v) is 8.92. The van der Waals surface area contributed by atoms with Crippen molar-refractivity contribution < 1.29 is 66.3 Å². The lowest BCUT2D eigenvalue weighted by Crippen LogP contribution is -2.63. The van der Waals surface area contributed by atoms with E-state index in [1.54, 1.807) is 6.92 Å². The summed E-state index contributed by atoms with van der Waals surface area (Å²) in [7, 11) is 1.28. The highest BCUT2D eigenvalue weighted by atomic mass is 16.7. The van der Waals surface area contributed by atoms with Crippen LogP contribution < -0.4 is 19.8 Å². The fourth-order valence-corrected chi connectivity index (χ4v) is 4.10. The van der Waals surface area contributed by atoms with Crippen LogP contribution in [0.1, 0.15) is 41.0 Å². The van der Waals surface area contributed by atoms with Crippen LogP contribution in [0.3, 0.4) is 0 Å². The molecule has 0 radical (unpaired) electrons. The molecule has 2 aromatic rings. The molecule has 1 aromatic carbocycles. The molecule has 1 saturated heterocycles. The summed E-state index contributed by atoms with van der Waals surface area (Å²) in [6.45, 7) is 5.54. The monoisotopic (exact) mass is 594 g/mol. The van der Waals surface area contributed by atoms with Crippen molar-refractivity contribution in [3.05, 3.63) is 28.6 Å². The molecular weight excluding hydrogens is 564 g/mol. The Bertz CT molecular complexity index is 1410. The molecule has 2 heterocycles. The molecule has 228 valence electrons. The third-order valence-electron chi connectivity index (χ3n) is 5.70. The standard InChI is InChI=1S/C27H30O15/c1-7-20(32)42-24-21(34-6)17-9-8-16(10-18(17)40-26(24)33)39-27-25(38-15(5)31)23(37-14(4)30)22(36-13(3)29)19(41-27)11-35-12(2)28/h8-10,19,22-23,25,27H,7,11H2,1-6H3/t19-,22+,23+,25-,27-/m1/s1. The summed E-state index contributed by atoms with van der Waals surface area (Å²) in [5.41, 5.74) is -1.03. The summed E-state index contributed by atoms with van der Waals surface area (Å²) in [5, 5.41) is 0.255. The van der Waals surface area contributed by atoms with Gasteiger partial charge in [0.2, 0.25) is 12.4 Å². The first-order chi connectivity index (χ1) is 19.8. The first-order valence-corrected chi connectivity index (χ1v) is 12.7. The predicted molar refractivity (Wildman–Crippen MR) is 138 cm³/mol. The Morgan fingerprint density at radius 2 is 1.45 bits per heavy atom. The van der Waals surface area contributed by atoms with Crippen molar-refractivity contribution in [1.82, 2.24) is 0 Å². The van der Waals surface area contributed by atoms with Gasteiger partial charge in [-0.1, -0.05) is 6.92 Å². The molecule has 1 fully saturated rings. The van der Waals surface area contributed by atoms with Crippen molar-refractivity contribution in [2.75, 3.05) is 13.7 Å². The number of esters is 5. The fraction of sp³-hybridized carbons (Fsp3) is 0.481. The minimum absolute atomic E-state index is 0.00337. The number of hydrogen-bond acceptors (Lipinski definition) is 15. The number of rotatable bonds is 10. The van der Waals surface area contributed by atoms with E-state index in [4.69, 9.17) is 42.3 Å². The largest absolute Gasteiger partial charge is 0.492 e. The number of carbonyl (C=O) groups excluding carboxylic acids is 5. The molecule has 5 atom stereocenters. The second-order valence-electron chi connectivity index (χ2n) is 8.92. The van der Waals surface area contributed by atoms with Crippen LogP contribution in [0.5, 0.6) is 17.2 Å². The molecule has 15 heteroatoms. The molecule has 1 aliphatic heterocycles. The Balaban J connectivity index is 2.06. The number of hydrogen-bond donors (Lipinski definition) is 0. The lowest BCUT2D eigenvalue weighted by molar-refractivity contribution is -0.288. The van der Waals surface area contributed by atoms with Gasteiger partial charge in [0.05, 0.1) is 12.5 Å². The van der Waals surface area contributed by atoms with Gasteiger partial charge in [-0.05, 0) is 12.1 Å². The minimum atomic E-state index is -1.51. The summed E-state index contributed by atoms with van der Waals surface area (Å²) in [4.78, 5) is 71.8. The number of methoxy groups -OCH3 is 1. The van der Waals surface area contributed by atoms with E-state index in [2.05, 4.69) is 0 Å². The maximum absolute atomic E-state index is 12.6. The van der Waals surface area contributed by atoms with Gasteiger partial charge >= 0.3 is 35.5 Å². The number of benzene rings is 1. The zero-order valence-corrected chi connectivity index (χ0v) is 23.7. The average molecular weight is 595 g/mol. The van der Waals surface area contributed by atoms with Crippen LogP contribution in [0.25, 0.3) is 11.0 Å². The van der Waals surface area contributed by atoms with Crippen LogP contribution in [0.2, 0.25) is 0 Å². The third-order valence-corrected chi connectivity index (χ3v) is 5.70. The second kappa shape index (κ2) is 13.8. The van der Waals surface area contributed by atoms with E-state index in [0.717, 1.165) is 27.7 Å². The van der Waals surface area contributed by atoms with Crippen molar-refractivity contribution in [1.29, 1.82) is 0 Å². The number of carbonyl (C=O) groups is 5. The first kappa shape index (κ1) is 31.9. The third kappa shape index (κ3) is 7.75. The maximum Gasteiger partial charge on any atom is 0.383 e. The molecule has 0 saturated carbocycles. The molecule has 0 amide bonds. The highest BCUT2D eigenvalue weighted by Crippen LogP contribution is 2.36. The number of ether oxygens (including phenoxy) is 8. The molecule has 0 aliphatic carbocycles. The molecule has 3 rings (SSSR count). The topological polar surface area (TPSA) is 189 Å². The van der Waals surface area contributed by atoms with Crippen LogP contribution in [0.4, 0.5) is 0 Å². The lowest BCUT2D eigenvalue weighted by Gasteiger charge is -2.43. The highest BCUT2D eigenvalue weighted by Gasteiger charge is 2.53. The van der Waals surface area contributed by atoms with Crippen molar-refractivity contribution in [2.45, 2.75) is 71.7 Å². The van der Waals surface area contributed by atoms with Gasteiger partial charge in [0, 0.05) is 40.2 Å². The maximum atomic E-state index is 12.6. The summed E-state index contributed by atoms with van der Waals surface area (Å²) in [6.07, 6.45) is -7.02. The molecule has 15 nitrogen and oxygen atoms in total. The summed E-state index contributed by atoms with van der Waals surface area (Å²) in [6, 6.07) is 4.16. The molecular formula is C27H30O15. The molecule has 1 aromatic heterocycles. The van der Waals surface area contributed by atoms with Crippen molar-refractivity contribution >= 4 is 40.8 Å². The van der Waals surface area contributed by atoms with Gasteiger partial charge in [-0.3, -0.25) is 24.0 Å². The zero-order chi connectivity index (χ0) is 31.1. The summed E-state index contributed by atoms with van der Waals surface area (Å²) >= 11 is 0. The van der Waals surface area contributed by atoms with Crippen LogP contribution in [0, 0.1) is 0 Å². The number of fused-ring (bicyclic) bond motifs is 1. The normalized spacial score (nSPS) is 21.5. The fourth-order valence-electron chi connectivity index (χ4n) is 4.10. The average Bonchev–Trinajstić information content (AvgIpc) is 2.90. The van der Waals surface area contributed by atoms with E-state index in [1.165, 1.54) is 25.3 Å². The van der Waals surface area contributed by atoms with Crippen LogP contribution >= 0.6 is 0 Å².